The summed E-state index contributed by atoms with van der Waals surface area (Å²) >= 11 is 6.41. The van der Waals surface area contributed by atoms with E-state index in [1.54, 1.807) is 13.2 Å². The van der Waals surface area contributed by atoms with Gasteiger partial charge in [0.15, 0.2) is 0 Å². The lowest BCUT2D eigenvalue weighted by Crippen LogP contribution is -1.97. The van der Waals surface area contributed by atoms with Gasteiger partial charge >= 0.3 is 0 Å². The van der Waals surface area contributed by atoms with E-state index >= 15 is 0 Å². The van der Waals surface area contributed by atoms with E-state index in [1.807, 2.05) is 54.6 Å². The number of anilines is 2. The molecule has 4 aromatic rings. The second-order valence-corrected chi connectivity index (χ2v) is 6.56. The molecule has 1 heterocycles. The molecule has 0 fully saturated rings. The fourth-order valence-corrected chi connectivity index (χ4v) is 3.03. The van der Waals surface area contributed by atoms with Crippen LogP contribution in [0.15, 0.2) is 67.0 Å². The molecule has 5 nitrogen and oxygen atoms in total. The van der Waals surface area contributed by atoms with E-state index in [0.29, 0.717) is 27.9 Å². The van der Waals surface area contributed by atoms with Gasteiger partial charge in [0.05, 0.1) is 17.6 Å². The van der Waals surface area contributed by atoms with Gasteiger partial charge in [0, 0.05) is 16.6 Å². The van der Waals surface area contributed by atoms with Crippen LogP contribution in [-0.4, -0.2) is 17.1 Å². The molecule has 0 spiro atoms. The van der Waals surface area contributed by atoms with Crippen LogP contribution in [0.3, 0.4) is 0 Å². The number of aromatic nitrogens is 2. The van der Waals surface area contributed by atoms with Crippen LogP contribution in [0.4, 0.5) is 11.5 Å². The molecule has 1 N–H and O–H groups in total. The molecular weight excluding hydrogens is 386 g/mol. The predicted octanol–water partition coefficient (Wildman–Crippen LogP) is 5.81. The Kier molecular flexibility index (Phi) is 5.19. The third-order valence-electron chi connectivity index (χ3n) is 4.27. The van der Waals surface area contributed by atoms with Gasteiger partial charge in [-0.2, -0.15) is 0 Å². The average molecular weight is 402 g/mol. The summed E-state index contributed by atoms with van der Waals surface area (Å²) in [6.45, 7) is 0. The molecular formula is C23H16ClN3O2. The lowest BCUT2D eigenvalue weighted by Gasteiger charge is -2.12. The Hall–Kier alpha value is -3.75. The Balaban J connectivity index is 1.70. The maximum Gasteiger partial charge on any atom is 0.146 e. The maximum atomic E-state index is 6.41. The van der Waals surface area contributed by atoms with E-state index in [2.05, 4.69) is 21.2 Å². The van der Waals surface area contributed by atoms with Crippen molar-refractivity contribution in [2.75, 3.05) is 12.4 Å². The minimum Gasteiger partial charge on any atom is -0.497 e. The molecule has 0 saturated carbocycles. The molecule has 0 radical (unpaired) electrons. The van der Waals surface area contributed by atoms with Crippen molar-refractivity contribution < 1.29 is 9.47 Å². The Morgan fingerprint density at radius 3 is 2.55 bits per heavy atom. The van der Waals surface area contributed by atoms with Gasteiger partial charge in [-0.25, -0.2) is 9.97 Å². The fraction of sp³-hybridized carbons (Fsp3) is 0.0435. The van der Waals surface area contributed by atoms with Crippen LogP contribution in [0.1, 0.15) is 5.56 Å². The number of terminal acetylenes is 1. The SMILES string of the molecule is C#Cc1cccc(Nc2ncnc3cc(Cl)c(Oc4ccc(OC)cc4)cc23)c1. The first kappa shape index (κ1) is 18.6. The summed E-state index contributed by atoms with van der Waals surface area (Å²) in [6, 6.07) is 18.4. The Bertz CT molecular complexity index is 1220. The number of hydrogen-bond donors (Lipinski definition) is 1. The van der Waals surface area contributed by atoms with E-state index in [-0.39, 0.29) is 0 Å². The first-order chi connectivity index (χ1) is 14.2. The summed E-state index contributed by atoms with van der Waals surface area (Å²) in [4.78, 5) is 8.68. The van der Waals surface area contributed by atoms with Gasteiger partial charge in [-0.1, -0.05) is 23.6 Å². The summed E-state index contributed by atoms with van der Waals surface area (Å²) < 4.78 is 11.1. The molecule has 29 heavy (non-hydrogen) atoms. The molecule has 142 valence electrons. The highest BCUT2D eigenvalue weighted by atomic mass is 35.5. The molecule has 0 aliphatic carbocycles. The Morgan fingerprint density at radius 1 is 1.00 bits per heavy atom. The molecule has 4 rings (SSSR count). The van der Waals surface area contributed by atoms with Gasteiger partial charge in [-0.3, -0.25) is 0 Å². The second-order valence-electron chi connectivity index (χ2n) is 6.15. The number of fused-ring (bicyclic) bond motifs is 1. The number of halogens is 1. The molecule has 6 heteroatoms. The van der Waals surface area contributed by atoms with Gasteiger partial charge in [0.1, 0.15) is 29.4 Å². The molecule has 0 aliphatic rings. The minimum absolute atomic E-state index is 0.451. The quantitative estimate of drug-likeness (QED) is 0.428. The molecule has 3 aromatic carbocycles. The first-order valence-corrected chi connectivity index (χ1v) is 9.14. The van der Waals surface area contributed by atoms with Crippen molar-refractivity contribution in [2.45, 2.75) is 0 Å². The maximum absolute atomic E-state index is 6.41. The van der Waals surface area contributed by atoms with Crippen LogP contribution in [0.25, 0.3) is 10.9 Å². The number of ether oxygens (including phenoxy) is 2. The zero-order chi connectivity index (χ0) is 20.2. The molecule has 0 saturated heterocycles. The number of methoxy groups -OCH3 is 1. The third-order valence-corrected chi connectivity index (χ3v) is 4.56. The lowest BCUT2D eigenvalue weighted by atomic mass is 10.2. The highest BCUT2D eigenvalue weighted by Gasteiger charge is 2.11. The minimum atomic E-state index is 0.451. The molecule has 0 unspecified atom stereocenters. The molecule has 0 bridgehead atoms. The van der Waals surface area contributed by atoms with E-state index in [4.69, 9.17) is 27.5 Å². The topological polar surface area (TPSA) is 56.3 Å². The normalized spacial score (nSPS) is 10.4. The van der Waals surface area contributed by atoms with Crippen molar-refractivity contribution in [2.24, 2.45) is 0 Å². The van der Waals surface area contributed by atoms with E-state index < -0.39 is 0 Å². The van der Waals surface area contributed by atoms with Gasteiger partial charge in [-0.15, -0.1) is 6.42 Å². The first-order valence-electron chi connectivity index (χ1n) is 8.76. The summed E-state index contributed by atoms with van der Waals surface area (Å²) in [5, 5.41) is 4.51. The van der Waals surface area contributed by atoms with E-state index in [9.17, 15) is 0 Å². The number of rotatable bonds is 5. The number of benzene rings is 3. The number of hydrogen-bond acceptors (Lipinski definition) is 5. The second kappa shape index (κ2) is 8.09. The van der Waals surface area contributed by atoms with Gasteiger partial charge < -0.3 is 14.8 Å². The highest BCUT2D eigenvalue weighted by Crippen LogP contribution is 2.35. The monoisotopic (exact) mass is 401 g/mol. The number of nitrogens with one attached hydrogen (secondary N) is 1. The third kappa shape index (κ3) is 4.08. The average Bonchev–Trinajstić information content (AvgIpc) is 2.75. The van der Waals surface area contributed by atoms with Crippen LogP contribution in [0.5, 0.6) is 17.2 Å². The molecule has 0 atom stereocenters. The molecule has 0 aliphatic heterocycles. The number of nitrogens with zero attached hydrogens (tertiary/aromatic N) is 2. The lowest BCUT2D eigenvalue weighted by molar-refractivity contribution is 0.413. The van der Waals surface area contributed by atoms with Crippen LogP contribution >= 0.6 is 11.6 Å². The van der Waals surface area contributed by atoms with Crippen LogP contribution in [0.2, 0.25) is 5.02 Å². The van der Waals surface area contributed by atoms with Gasteiger partial charge in [0.2, 0.25) is 0 Å². The summed E-state index contributed by atoms with van der Waals surface area (Å²) in [6.07, 6.45) is 6.97. The van der Waals surface area contributed by atoms with Crippen molar-refractivity contribution in [3.63, 3.8) is 0 Å². The van der Waals surface area contributed by atoms with E-state index in [0.717, 1.165) is 22.4 Å². The van der Waals surface area contributed by atoms with Crippen molar-refractivity contribution in [1.82, 2.24) is 9.97 Å². The van der Waals surface area contributed by atoms with Crippen LogP contribution in [0, 0.1) is 12.3 Å². The highest BCUT2D eigenvalue weighted by molar-refractivity contribution is 6.33. The van der Waals surface area contributed by atoms with Crippen molar-refractivity contribution >= 4 is 34.0 Å². The van der Waals surface area contributed by atoms with Crippen LogP contribution < -0.4 is 14.8 Å². The van der Waals surface area contributed by atoms with Gasteiger partial charge in [-0.05, 0) is 54.6 Å². The summed E-state index contributed by atoms with van der Waals surface area (Å²) in [7, 11) is 1.61. The van der Waals surface area contributed by atoms with Gasteiger partial charge in [0.25, 0.3) is 0 Å². The molecule has 0 amide bonds. The standard InChI is InChI=1S/C23H16ClN3O2/c1-3-15-5-4-6-16(11-15)27-23-19-12-22(20(24)13-21(19)25-14-26-23)29-18-9-7-17(28-2)8-10-18/h1,4-14H,2H3,(H,25,26,27). The largest absolute Gasteiger partial charge is 0.497 e. The smallest absolute Gasteiger partial charge is 0.146 e. The summed E-state index contributed by atoms with van der Waals surface area (Å²) in [5.74, 6) is 5.13. The van der Waals surface area contributed by atoms with E-state index in [1.165, 1.54) is 6.33 Å². The van der Waals surface area contributed by atoms with Crippen LogP contribution in [-0.2, 0) is 0 Å². The summed E-state index contributed by atoms with van der Waals surface area (Å²) in [5.41, 5.74) is 2.30. The Morgan fingerprint density at radius 2 is 1.79 bits per heavy atom. The zero-order valence-corrected chi connectivity index (χ0v) is 16.3. The van der Waals surface area contributed by atoms with Crippen molar-refractivity contribution in [3.8, 4) is 29.6 Å². The fourth-order valence-electron chi connectivity index (χ4n) is 2.83. The predicted molar refractivity (Wildman–Crippen MR) is 115 cm³/mol. The Labute approximate surface area is 173 Å². The van der Waals surface area contributed by atoms with Crippen molar-refractivity contribution in [1.29, 1.82) is 0 Å². The zero-order valence-electron chi connectivity index (χ0n) is 15.5. The van der Waals surface area contributed by atoms with Crippen molar-refractivity contribution in [3.05, 3.63) is 77.6 Å². The molecule has 1 aromatic heterocycles.